The van der Waals surface area contributed by atoms with Crippen molar-refractivity contribution in [2.75, 3.05) is 26.4 Å². The van der Waals surface area contributed by atoms with Crippen LogP contribution in [0.25, 0.3) is 0 Å². The molecule has 12 heteroatoms. The maximum Gasteiger partial charge on any atom is 0.335 e. The van der Waals surface area contributed by atoms with Gasteiger partial charge in [-0.3, -0.25) is 9.59 Å². The van der Waals surface area contributed by atoms with Gasteiger partial charge in [-0.1, -0.05) is 19.9 Å². The molecule has 12 nitrogen and oxygen atoms in total. The Morgan fingerprint density at radius 1 is 0.697 bits per heavy atom. The molecule has 33 heavy (non-hydrogen) atoms. The van der Waals surface area contributed by atoms with Crippen LogP contribution in [0.4, 0.5) is 0 Å². The first kappa shape index (κ1) is 34.6. The number of hydrogen-bond donors (Lipinski definition) is 8. The molecule has 0 bridgehead atoms. The molecule has 1 aromatic carbocycles. The van der Waals surface area contributed by atoms with E-state index in [0.29, 0.717) is 12.8 Å². The van der Waals surface area contributed by atoms with E-state index >= 15 is 0 Å². The van der Waals surface area contributed by atoms with Crippen LogP contribution in [0.1, 0.15) is 60.2 Å². The third kappa shape index (κ3) is 25.1. The van der Waals surface area contributed by atoms with Gasteiger partial charge >= 0.3 is 23.9 Å². The fraction of sp³-hybridized carbons (Fsp3) is 0.524. The Labute approximate surface area is 191 Å². The van der Waals surface area contributed by atoms with Gasteiger partial charge in [0.05, 0.1) is 37.6 Å². The summed E-state index contributed by atoms with van der Waals surface area (Å²) in [5.41, 5.74) is -0.343. The van der Waals surface area contributed by atoms with E-state index in [-0.39, 0.29) is 55.8 Å². The van der Waals surface area contributed by atoms with Gasteiger partial charge in [0, 0.05) is 18.3 Å². The van der Waals surface area contributed by atoms with Gasteiger partial charge in [-0.05, 0) is 31.0 Å². The highest BCUT2D eigenvalue weighted by molar-refractivity contribution is 5.93. The average Bonchev–Trinajstić information content (AvgIpc) is 2.77. The van der Waals surface area contributed by atoms with Crippen molar-refractivity contribution in [2.45, 2.75) is 39.5 Å². The minimum Gasteiger partial charge on any atom is -0.481 e. The highest BCUT2D eigenvalue weighted by Gasteiger charge is 2.13. The molecule has 0 aromatic heterocycles. The summed E-state index contributed by atoms with van der Waals surface area (Å²) in [4.78, 5) is 40.6. The van der Waals surface area contributed by atoms with Gasteiger partial charge in [0.1, 0.15) is 0 Å². The number of carboxylic acids is 4. The first-order valence-corrected chi connectivity index (χ1v) is 9.71. The smallest absolute Gasteiger partial charge is 0.335 e. The third-order valence-corrected chi connectivity index (χ3v) is 3.34. The van der Waals surface area contributed by atoms with E-state index in [9.17, 15) is 19.2 Å². The van der Waals surface area contributed by atoms with Crippen molar-refractivity contribution in [3.8, 4) is 0 Å². The molecule has 0 atom stereocenters. The zero-order valence-corrected chi connectivity index (χ0v) is 18.7. The Bertz CT molecular complexity index is 647. The first-order valence-electron chi connectivity index (χ1n) is 9.71. The molecule has 0 heterocycles. The number of aliphatic hydroxyl groups is 4. The molecular weight excluding hydrogens is 444 g/mol. The van der Waals surface area contributed by atoms with Gasteiger partial charge in [0.25, 0.3) is 0 Å². The number of aromatic carboxylic acids is 2. The number of hydrogen-bond acceptors (Lipinski definition) is 8. The lowest BCUT2D eigenvalue weighted by Gasteiger charge is -2.16. The molecule has 0 saturated carbocycles. The van der Waals surface area contributed by atoms with Crippen molar-refractivity contribution < 1.29 is 60.0 Å². The molecule has 0 unspecified atom stereocenters. The summed E-state index contributed by atoms with van der Waals surface area (Å²) in [6.45, 7) is 3.44. The van der Waals surface area contributed by atoms with E-state index in [1.54, 1.807) is 13.8 Å². The summed E-state index contributed by atoms with van der Waals surface area (Å²) in [5.74, 6) is -3.99. The zero-order valence-electron chi connectivity index (χ0n) is 18.7. The lowest BCUT2D eigenvalue weighted by atomic mass is 9.97. The predicted molar refractivity (Wildman–Crippen MR) is 116 cm³/mol. The van der Waals surface area contributed by atoms with Crippen molar-refractivity contribution in [1.82, 2.24) is 0 Å². The van der Waals surface area contributed by atoms with Crippen LogP contribution in [-0.2, 0) is 9.59 Å². The van der Waals surface area contributed by atoms with Gasteiger partial charge < -0.3 is 40.9 Å². The molecule has 0 fully saturated rings. The summed E-state index contributed by atoms with van der Waals surface area (Å²) in [7, 11) is 0. The first-order chi connectivity index (χ1) is 15.3. The molecular formula is C21H34O12. The number of carbonyl (C=O) groups is 4. The highest BCUT2D eigenvalue weighted by atomic mass is 16.4. The monoisotopic (exact) mass is 478 g/mol. The maximum atomic E-state index is 10.4. The standard InChI is InChI=1S/C8H6O4.C6H10O4.C5H12O2.C2H6O2/c9-7(10)5-2-1-3-6(4-5)8(11)12;7-5(8)3-1-2-4-6(9)10;1-5(2,3-6)4-7;3-1-2-4/h1-4H,(H,9,10)(H,11,12);1-4H2,(H,7,8)(H,9,10);6-7H,3-4H2,1-2H3;3-4H,1-2H2. The zero-order chi connectivity index (χ0) is 26.4. The van der Waals surface area contributed by atoms with Crippen LogP contribution in [-0.4, -0.2) is 91.2 Å². The minimum absolute atomic E-state index is 0.0186. The van der Waals surface area contributed by atoms with E-state index < -0.39 is 23.9 Å². The van der Waals surface area contributed by atoms with Crippen LogP contribution >= 0.6 is 0 Å². The molecule has 0 aliphatic heterocycles. The normalized spacial score (nSPS) is 9.64. The van der Waals surface area contributed by atoms with Crippen molar-refractivity contribution in [3.63, 3.8) is 0 Å². The average molecular weight is 478 g/mol. The largest absolute Gasteiger partial charge is 0.481 e. The number of carboxylic acid groups (broad SMARTS) is 4. The highest BCUT2D eigenvalue weighted by Crippen LogP contribution is 2.10. The van der Waals surface area contributed by atoms with Crippen LogP contribution in [0, 0.1) is 5.41 Å². The molecule has 0 aliphatic rings. The molecule has 0 saturated heterocycles. The van der Waals surface area contributed by atoms with E-state index in [4.69, 9.17) is 40.9 Å². The Hall–Kier alpha value is -3.06. The number of rotatable bonds is 10. The van der Waals surface area contributed by atoms with Gasteiger partial charge in [0.15, 0.2) is 0 Å². The lowest BCUT2D eigenvalue weighted by Crippen LogP contribution is -2.20. The fourth-order valence-corrected chi connectivity index (χ4v) is 1.39. The molecule has 1 rings (SSSR count). The minimum atomic E-state index is -1.13. The van der Waals surface area contributed by atoms with E-state index in [1.807, 2.05) is 0 Å². The van der Waals surface area contributed by atoms with Gasteiger partial charge in [0.2, 0.25) is 0 Å². The van der Waals surface area contributed by atoms with Crippen molar-refractivity contribution in [1.29, 1.82) is 0 Å². The molecule has 0 aliphatic carbocycles. The summed E-state index contributed by atoms with van der Waals surface area (Å²) in [5, 5.41) is 65.4. The molecule has 0 radical (unpaired) electrons. The fourth-order valence-electron chi connectivity index (χ4n) is 1.39. The number of aliphatic carboxylic acids is 2. The Kier molecular flexibility index (Phi) is 21.8. The SMILES string of the molecule is CC(C)(CO)CO.O=C(O)CCCCC(=O)O.O=C(O)c1cccc(C(=O)O)c1.OCCO. The van der Waals surface area contributed by atoms with Crippen molar-refractivity contribution in [3.05, 3.63) is 35.4 Å². The number of unbranched alkanes of at least 4 members (excludes halogenated alkanes) is 1. The summed E-state index contributed by atoms with van der Waals surface area (Å²) >= 11 is 0. The summed E-state index contributed by atoms with van der Waals surface area (Å²) in [6, 6.07) is 5.20. The predicted octanol–water partition coefficient (Wildman–Crippen LogP) is 0.767. The topological polar surface area (TPSA) is 230 Å². The third-order valence-electron chi connectivity index (χ3n) is 3.34. The summed E-state index contributed by atoms with van der Waals surface area (Å²) in [6.07, 6.45) is 1.02. The summed E-state index contributed by atoms with van der Waals surface area (Å²) < 4.78 is 0. The second kappa shape index (κ2) is 20.8. The van der Waals surface area contributed by atoms with Crippen LogP contribution in [0.2, 0.25) is 0 Å². The molecule has 8 N–H and O–H groups in total. The van der Waals surface area contributed by atoms with Crippen LogP contribution in [0.15, 0.2) is 24.3 Å². The lowest BCUT2D eigenvalue weighted by molar-refractivity contribution is -0.139. The number of benzene rings is 1. The van der Waals surface area contributed by atoms with Crippen molar-refractivity contribution in [2.24, 2.45) is 5.41 Å². The second-order valence-electron chi connectivity index (χ2n) is 7.11. The maximum absolute atomic E-state index is 10.4. The van der Waals surface area contributed by atoms with Crippen molar-refractivity contribution >= 4 is 23.9 Å². The van der Waals surface area contributed by atoms with E-state index in [0.717, 1.165) is 6.07 Å². The molecule has 190 valence electrons. The van der Waals surface area contributed by atoms with Gasteiger partial charge in [-0.2, -0.15) is 0 Å². The van der Waals surface area contributed by atoms with Gasteiger partial charge in [-0.15, -0.1) is 0 Å². The second-order valence-corrected chi connectivity index (χ2v) is 7.11. The quantitative estimate of drug-likeness (QED) is 0.218. The van der Waals surface area contributed by atoms with Gasteiger partial charge in [-0.25, -0.2) is 9.59 Å². The van der Waals surface area contributed by atoms with Crippen LogP contribution < -0.4 is 0 Å². The van der Waals surface area contributed by atoms with E-state index in [1.165, 1.54) is 18.2 Å². The Morgan fingerprint density at radius 2 is 1.03 bits per heavy atom. The Morgan fingerprint density at radius 3 is 1.21 bits per heavy atom. The molecule has 0 spiro atoms. The molecule has 1 aromatic rings. The van der Waals surface area contributed by atoms with E-state index in [2.05, 4.69) is 0 Å². The number of aliphatic hydroxyl groups excluding tert-OH is 4. The molecule has 0 amide bonds. The van der Waals surface area contributed by atoms with Crippen LogP contribution in [0.5, 0.6) is 0 Å². The Balaban J connectivity index is -0.000000389. The van der Waals surface area contributed by atoms with Crippen LogP contribution in [0.3, 0.4) is 0 Å².